The summed E-state index contributed by atoms with van der Waals surface area (Å²) in [5.41, 5.74) is 7.50. The lowest BCUT2D eigenvalue weighted by molar-refractivity contribution is -0.145. The molecule has 1 saturated heterocycles. The molecule has 4 heterocycles. The summed E-state index contributed by atoms with van der Waals surface area (Å²) < 4.78 is 41.4. The molecule has 0 aliphatic carbocycles. The van der Waals surface area contributed by atoms with Crippen molar-refractivity contribution in [2.24, 2.45) is 0 Å². The fraction of sp³-hybridized carbons (Fsp3) is 0.292. The molecule has 0 saturated carbocycles. The summed E-state index contributed by atoms with van der Waals surface area (Å²) in [7, 11) is -3.61. The largest absolute Gasteiger partial charge is 0.382 e. The molecule has 198 valence electrons. The van der Waals surface area contributed by atoms with Gasteiger partial charge in [0.05, 0.1) is 30.0 Å². The first-order valence-electron chi connectivity index (χ1n) is 11.6. The third-order valence-electron chi connectivity index (χ3n) is 6.70. The molecule has 0 unspecified atom stereocenters. The van der Waals surface area contributed by atoms with Crippen LogP contribution in [0.4, 0.5) is 15.9 Å². The first-order valence-corrected chi connectivity index (χ1v) is 13.4. The molecular weight excluding hydrogens is 515 g/mol. The molecular formula is C24H25FN8O4S. The summed E-state index contributed by atoms with van der Waals surface area (Å²) in [4.78, 5) is 32.3. The first kappa shape index (κ1) is 25.3. The van der Waals surface area contributed by atoms with Crippen molar-refractivity contribution in [1.29, 1.82) is 0 Å². The lowest BCUT2D eigenvalue weighted by Crippen LogP contribution is -2.64. The fourth-order valence-corrected chi connectivity index (χ4v) is 5.33. The zero-order chi connectivity index (χ0) is 27.6. The normalized spacial score (nSPS) is 15.9. The molecule has 14 heteroatoms. The minimum Gasteiger partial charge on any atom is -0.382 e. The van der Waals surface area contributed by atoms with E-state index in [4.69, 9.17) is 5.73 Å². The number of benzene rings is 1. The van der Waals surface area contributed by atoms with Gasteiger partial charge >= 0.3 is 0 Å². The average Bonchev–Trinajstić information content (AvgIpc) is 3.47. The second-order valence-corrected chi connectivity index (χ2v) is 11.4. The van der Waals surface area contributed by atoms with Crippen LogP contribution in [0.1, 0.15) is 20.8 Å². The number of nitrogen functional groups attached to an aromatic ring is 1. The van der Waals surface area contributed by atoms with Gasteiger partial charge in [0.2, 0.25) is 5.91 Å². The van der Waals surface area contributed by atoms with Crippen molar-refractivity contribution in [3.63, 3.8) is 0 Å². The number of carbonyl (C=O) groups is 2. The van der Waals surface area contributed by atoms with E-state index in [1.54, 1.807) is 26.0 Å². The van der Waals surface area contributed by atoms with Crippen LogP contribution in [-0.4, -0.2) is 73.8 Å². The molecule has 0 spiro atoms. The Morgan fingerprint density at radius 2 is 1.87 bits per heavy atom. The number of amides is 2. The number of hydrogen-bond donors (Lipinski definition) is 1. The molecule has 0 bridgehead atoms. The van der Waals surface area contributed by atoms with Crippen molar-refractivity contribution in [3.05, 3.63) is 48.8 Å². The van der Waals surface area contributed by atoms with Crippen LogP contribution >= 0.6 is 0 Å². The molecule has 2 amide bonds. The minimum atomic E-state index is -3.61. The van der Waals surface area contributed by atoms with Gasteiger partial charge in [-0.1, -0.05) is 0 Å². The van der Waals surface area contributed by atoms with Crippen molar-refractivity contribution >= 4 is 38.9 Å². The van der Waals surface area contributed by atoms with Crippen LogP contribution in [0, 0.1) is 5.82 Å². The first-order chi connectivity index (χ1) is 17.8. The maximum absolute atomic E-state index is 15.1. The predicted molar refractivity (Wildman–Crippen MR) is 138 cm³/mol. The van der Waals surface area contributed by atoms with Crippen molar-refractivity contribution < 1.29 is 22.4 Å². The Bertz CT molecular complexity index is 1730. The quantitative estimate of drug-likeness (QED) is 0.412. The lowest BCUT2D eigenvalue weighted by atomic mass is 9.96. The highest BCUT2D eigenvalue weighted by molar-refractivity contribution is 7.89. The topological polar surface area (TPSA) is 149 Å². The van der Waals surface area contributed by atoms with Crippen molar-refractivity contribution in [1.82, 2.24) is 28.7 Å². The zero-order valence-electron chi connectivity index (χ0n) is 21.1. The minimum absolute atomic E-state index is 0.0622. The van der Waals surface area contributed by atoms with Crippen LogP contribution in [0.15, 0.2) is 43.0 Å². The van der Waals surface area contributed by atoms with Gasteiger partial charge < -0.3 is 15.5 Å². The second-order valence-electron chi connectivity index (χ2n) is 9.57. The predicted octanol–water partition coefficient (Wildman–Crippen LogP) is 1.76. The Labute approximate surface area is 217 Å². The summed E-state index contributed by atoms with van der Waals surface area (Å²) >= 11 is 0. The van der Waals surface area contributed by atoms with Crippen molar-refractivity contribution in [2.75, 3.05) is 30.0 Å². The Morgan fingerprint density at radius 1 is 1.13 bits per heavy atom. The molecule has 5 rings (SSSR count). The Hall–Kier alpha value is -4.33. The SMILES string of the molecule is CC(=O)N1CCN(c2cc(-c3cc(-c4cnn(S(C)(=O)=O)c4)c4c(N)ncnn34)ccc2F)C(=O)C1(C)C. The molecule has 1 fully saturated rings. The van der Waals surface area contributed by atoms with Crippen LogP contribution in [0.2, 0.25) is 0 Å². The van der Waals surface area contributed by atoms with Crippen LogP contribution in [0.3, 0.4) is 0 Å². The summed E-state index contributed by atoms with van der Waals surface area (Å²) in [5, 5.41) is 8.24. The van der Waals surface area contributed by atoms with Gasteiger partial charge in [-0.3, -0.25) is 9.59 Å². The lowest BCUT2D eigenvalue weighted by Gasteiger charge is -2.45. The van der Waals surface area contributed by atoms with Gasteiger partial charge in [-0.15, -0.1) is 0 Å². The van der Waals surface area contributed by atoms with E-state index in [1.165, 1.54) is 52.1 Å². The molecule has 2 N–H and O–H groups in total. The van der Waals surface area contributed by atoms with E-state index in [0.717, 1.165) is 10.3 Å². The third-order valence-corrected chi connectivity index (χ3v) is 7.58. The van der Waals surface area contributed by atoms with Crippen molar-refractivity contribution in [3.8, 4) is 22.4 Å². The van der Waals surface area contributed by atoms with E-state index in [-0.39, 0.29) is 30.5 Å². The van der Waals surface area contributed by atoms with Gasteiger partial charge in [0.25, 0.3) is 15.9 Å². The number of aromatic nitrogens is 5. The number of piperazine rings is 1. The number of nitrogens with two attached hydrogens (primary N) is 1. The third kappa shape index (κ3) is 3.97. The monoisotopic (exact) mass is 540 g/mol. The van der Waals surface area contributed by atoms with E-state index in [1.807, 2.05) is 0 Å². The Kier molecular flexibility index (Phi) is 5.74. The molecule has 1 aliphatic heterocycles. The van der Waals surface area contributed by atoms with Crippen molar-refractivity contribution in [2.45, 2.75) is 26.3 Å². The Balaban J connectivity index is 1.64. The number of nitrogens with zero attached hydrogens (tertiary/aromatic N) is 7. The number of rotatable bonds is 4. The maximum Gasteiger partial charge on any atom is 0.252 e. The van der Waals surface area contributed by atoms with Crippen LogP contribution in [0.25, 0.3) is 27.9 Å². The van der Waals surface area contributed by atoms with Gasteiger partial charge in [-0.05, 0) is 38.1 Å². The highest BCUT2D eigenvalue weighted by Crippen LogP contribution is 2.37. The highest BCUT2D eigenvalue weighted by atomic mass is 32.2. The second kappa shape index (κ2) is 8.62. The summed E-state index contributed by atoms with van der Waals surface area (Å²) in [6, 6.07) is 6.06. The molecule has 12 nitrogen and oxygen atoms in total. The van der Waals surface area contributed by atoms with Gasteiger partial charge in [-0.2, -0.15) is 14.3 Å². The number of fused-ring (bicyclic) bond motifs is 1. The molecule has 1 aromatic carbocycles. The molecule has 0 radical (unpaired) electrons. The molecule has 38 heavy (non-hydrogen) atoms. The van der Waals surface area contributed by atoms with Gasteiger partial charge in [0.1, 0.15) is 23.2 Å². The maximum atomic E-state index is 15.1. The molecule has 1 aliphatic rings. The Morgan fingerprint density at radius 3 is 2.53 bits per heavy atom. The van der Waals surface area contributed by atoms with E-state index < -0.39 is 27.3 Å². The molecule has 4 aromatic rings. The number of hydrogen-bond acceptors (Lipinski definition) is 8. The fourth-order valence-electron chi connectivity index (χ4n) is 4.81. The number of halogens is 1. The van der Waals surface area contributed by atoms with Gasteiger partial charge in [-0.25, -0.2) is 22.3 Å². The van der Waals surface area contributed by atoms with E-state index in [9.17, 15) is 18.0 Å². The standard InChI is InChI=1S/C24H25FN8O4S/c1-14(34)31-8-7-30(23(35)24(31,2)3)20-9-15(5-6-18(20)25)19-10-17(21-22(26)27-13-29-33(19)21)16-11-28-32(12-16)38(4,36)37/h5-6,9-13H,7-8H2,1-4H3,(H2,26,27,29). The smallest absolute Gasteiger partial charge is 0.252 e. The summed E-state index contributed by atoms with van der Waals surface area (Å²) in [6.45, 7) is 5.04. The van der Waals surface area contributed by atoms with Gasteiger partial charge in [0, 0.05) is 36.7 Å². The zero-order valence-corrected chi connectivity index (χ0v) is 21.9. The van der Waals surface area contributed by atoms with E-state index in [2.05, 4.69) is 15.2 Å². The van der Waals surface area contributed by atoms with E-state index in [0.29, 0.717) is 27.9 Å². The van der Waals surface area contributed by atoms with Gasteiger partial charge in [0.15, 0.2) is 5.82 Å². The van der Waals surface area contributed by atoms with Crippen LogP contribution in [0.5, 0.6) is 0 Å². The summed E-state index contributed by atoms with van der Waals surface area (Å²) in [6.07, 6.45) is 5.04. The molecule has 3 aromatic heterocycles. The molecule has 0 atom stereocenters. The van der Waals surface area contributed by atoms with Crippen LogP contribution < -0.4 is 10.6 Å². The number of carbonyl (C=O) groups excluding carboxylic acids is 2. The van der Waals surface area contributed by atoms with Crippen LogP contribution in [-0.2, 0) is 19.6 Å². The average molecular weight is 541 g/mol. The number of anilines is 2. The van der Waals surface area contributed by atoms with E-state index >= 15 is 4.39 Å². The highest BCUT2D eigenvalue weighted by Gasteiger charge is 2.44. The summed E-state index contributed by atoms with van der Waals surface area (Å²) in [5.74, 6) is -1.09.